The highest BCUT2D eigenvalue weighted by molar-refractivity contribution is 5.43. The van der Waals surface area contributed by atoms with Gasteiger partial charge >= 0.3 is 0 Å². The Hall–Kier alpha value is -1.22. The average Bonchev–Trinajstić information content (AvgIpc) is 2.40. The zero-order chi connectivity index (χ0) is 12.1. The molecule has 0 amide bonds. The van der Waals surface area contributed by atoms with E-state index in [1.807, 2.05) is 6.07 Å². The van der Waals surface area contributed by atoms with E-state index < -0.39 is 0 Å². The van der Waals surface area contributed by atoms with Gasteiger partial charge in [0.1, 0.15) is 0 Å². The lowest BCUT2D eigenvalue weighted by Crippen LogP contribution is -2.35. The Morgan fingerprint density at radius 1 is 1.18 bits per heavy atom. The molecule has 1 aromatic carbocycles. The first kappa shape index (κ1) is 12.2. The van der Waals surface area contributed by atoms with Gasteiger partial charge in [-0.2, -0.15) is 0 Å². The number of hydrogen-bond donors (Lipinski definition) is 1. The highest BCUT2D eigenvalue weighted by Gasteiger charge is 2.14. The molecule has 1 N–H and O–H groups in total. The molecular weight excluding hydrogens is 214 g/mol. The van der Waals surface area contributed by atoms with Gasteiger partial charge in [0.05, 0.1) is 14.2 Å². The van der Waals surface area contributed by atoms with E-state index in [0.717, 1.165) is 24.5 Å². The molecule has 1 saturated heterocycles. The molecule has 17 heavy (non-hydrogen) atoms. The van der Waals surface area contributed by atoms with Gasteiger partial charge in [-0.05, 0) is 43.5 Å². The molecule has 0 aromatic heterocycles. The normalized spacial score (nSPS) is 20.0. The molecular formula is C14H21NO2. The second kappa shape index (κ2) is 5.92. The van der Waals surface area contributed by atoms with Crippen LogP contribution in [-0.2, 0) is 6.42 Å². The van der Waals surface area contributed by atoms with Gasteiger partial charge < -0.3 is 14.8 Å². The van der Waals surface area contributed by atoms with Gasteiger partial charge in [-0.1, -0.05) is 12.5 Å². The fraction of sp³-hybridized carbons (Fsp3) is 0.571. The van der Waals surface area contributed by atoms with Crippen molar-refractivity contribution < 1.29 is 9.47 Å². The second-order valence-electron chi connectivity index (χ2n) is 4.54. The predicted molar refractivity (Wildman–Crippen MR) is 68.9 cm³/mol. The zero-order valence-electron chi connectivity index (χ0n) is 10.7. The lowest BCUT2D eigenvalue weighted by Gasteiger charge is -2.23. The van der Waals surface area contributed by atoms with Crippen molar-refractivity contribution in [3.05, 3.63) is 23.8 Å². The first-order valence-corrected chi connectivity index (χ1v) is 6.28. The Bertz CT molecular complexity index is 359. The molecule has 0 radical (unpaired) electrons. The van der Waals surface area contributed by atoms with E-state index in [1.165, 1.54) is 24.8 Å². The molecule has 2 rings (SSSR count). The largest absolute Gasteiger partial charge is 0.493 e. The maximum absolute atomic E-state index is 5.32. The van der Waals surface area contributed by atoms with E-state index in [9.17, 15) is 0 Å². The molecule has 94 valence electrons. The summed E-state index contributed by atoms with van der Waals surface area (Å²) < 4.78 is 10.6. The number of benzene rings is 1. The van der Waals surface area contributed by atoms with Crippen LogP contribution in [-0.4, -0.2) is 26.8 Å². The summed E-state index contributed by atoms with van der Waals surface area (Å²) in [6.07, 6.45) is 4.99. The molecule has 0 unspecified atom stereocenters. The van der Waals surface area contributed by atoms with Crippen molar-refractivity contribution in [1.82, 2.24) is 5.32 Å². The van der Waals surface area contributed by atoms with Crippen molar-refractivity contribution in [3.63, 3.8) is 0 Å². The van der Waals surface area contributed by atoms with E-state index >= 15 is 0 Å². The third-order valence-electron chi connectivity index (χ3n) is 3.34. The molecule has 1 aliphatic heterocycles. The lowest BCUT2D eigenvalue weighted by molar-refractivity contribution is 0.353. The Balaban J connectivity index is 2.05. The summed E-state index contributed by atoms with van der Waals surface area (Å²) in [5.74, 6) is 1.62. The van der Waals surface area contributed by atoms with Crippen molar-refractivity contribution in [2.75, 3.05) is 20.8 Å². The van der Waals surface area contributed by atoms with Crippen molar-refractivity contribution in [1.29, 1.82) is 0 Å². The third-order valence-corrected chi connectivity index (χ3v) is 3.34. The number of rotatable bonds is 4. The molecule has 1 atom stereocenters. The Morgan fingerprint density at radius 2 is 2.00 bits per heavy atom. The minimum atomic E-state index is 0.613. The quantitative estimate of drug-likeness (QED) is 0.869. The van der Waals surface area contributed by atoms with Gasteiger partial charge in [0.15, 0.2) is 11.5 Å². The van der Waals surface area contributed by atoms with Crippen LogP contribution < -0.4 is 14.8 Å². The molecule has 0 aliphatic carbocycles. The summed E-state index contributed by atoms with van der Waals surface area (Å²) in [6.45, 7) is 1.15. The van der Waals surface area contributed by atoms with E-state index in [0.29, 0.717) is 6.04 Å². The van der Waals surface area contributed by atoms with Crippen LogP contribution >= 0.6 is 0 Å². The maximum atomic E-state index is 5.32. The lowest BCUT2D eigenvalue weighted by atomic mass is 9.97. The highest BCUT2D eigenvalue weighted by Crippen LogP contribution is 2.28. The van der Waals surface area contributed by atoms with Crippen LogP contribution in [0.3, 0.4) is 0 Å². The monoisotopic (exact) mass is 235 g/mol. The number of ether oxygens (including phenoxy) is 2. The summed E-state index contributed by atoms with van der Waals surface area (Å²) >= 11 is 0. The van der Waals surface area contributed by atoms with E-state index in [4.69, 9.17) is 9.47 Å². The molecule has 3 heteroatoms. The Labute approximate surface area is 103 Å². The van der Waals surface area contributed by atoms with Crippen LogP contribution in [0.2, 0.25) is 0 Å². The topological polar surface area (TPSA) is 30.5 Å². The summed E-state index contributed by atoms with van der Waals surface area (Å²) in [5, 5.41) is 3.56. The fourth-order valence-electron chi connectivity index (χ4n) is 2.39. The van der Waals surface area contributed by atoms with E-state index in [1.54, 1.807) is 14.2 Å². The van der Waals surface area contributed by atoms with Crippen LogP contribution in [0.1, 0.15) is 24.8 Å². The van der Waals surface area contributed by atoms with E-state index in [-0.39, 0.29) is 0 Å². The first-order valence-electron chi connectivity index (χ1n) is 6.28. The number of hydrogen-bond acceptors (Lipinski definition) is 3. The first-order chi connectivity index (χ1) is 8.33. The van der Waals surface area contributed by atoms with Gasteiger partial charge in [0.2, 0.25) is 0 Å². The molecule has 1 heterocycles. The zero-order valence-corrected chi connectivity index (χ0v) is 10.7. The van der Waals surface area contributed by atoms with Gasteiger partial charge in [-0.15, -0.1) is 0 Å². The minimum Gasteiger partial charge on any atom is -0.493 e. The Kier molecular flexibility index (Phi) is 4.26. The maximum Gasteiger partial charge on any atom is 0.160 e. The average molecular weight is 235 g/mol. The van der Waals surface area contributed by atoms with Crippen molar-refractivity contribution in [2.24, 2.45) is 0 Å². The summed E-state index contributed by atoms with van der Waals surface area (Å²) in [5.41, 5.74) is 1.31. The van der Waals surface area contributed by atoms with Gasteiger partial charge in [-0.3, -0.25) is 0 Å². The molecule has 1 aromatic rings. The number of methoxy groups -OCH3 is 2. The minimum absolute atomic E-state index is 0.613. The van der Waals surface area contributed by atoms with Crippen LogP contribution in [0, 0.1) is 0 Å². The molecule has 3 nitrogen and oxygen atoms in total. The van der Waals surface area contributed by atoms with Crippen LogP contribution in [0.15, 0.2) is 18.2 Å². The van der Waals surface area contributed by atoms with Crippen LogP contribution in [0.5, 0.6) is 11.5 Å². The van der Waals surface area contributed by atoms with Crippen molar-refractivity contribution in [3.8, 4) is 11.5 Å². The van der Waals surface area contributed by atoms with Crippen LogP contribution in [0.25, 0.3) is 0 Å². The van der Waals surface area contributed by atoms with Crippen molar-refractivity contribution >= 4 is 0 Å². The molecule has 0 spiro atoms. The molecule has 0 saturated carbocycles. The predicted octanol–water partition coefficient (Wildman–Crippen LogP) is 2.39. The smallest absolute Gasteiger partial charge is 0.160 e. The number of piperidine rings is 1. The van der Waals surface area contributed by atoms with Gasteiger partial charge in [0, 0.05) is 6.04 Å². The molecule has 1 fully saturated rings. The van der Waals surface area contributed by atoms with Gasteiger partial charge in [-0.25, -0.2) is 0 Å². The summed E-state index contributed by atoms with van der Waals surface area (Å²) in [6, 6.07) is 6.80. The number of nitrogens with one attached hydrogen (secondary N) is 1. The van der Waals surface area contributed by atoms with Gasteiger partial charge in [0.25, 0.3) is 0 Å². The summed E-state index contributed by atoms with van der Waals surface area (Å²) in [7, 11) is 3.35. The standard InChI is InChI=1S/C14H21NO2/c1-16-13-7-6-11(10-14(13)17-2)9-12-5-3-4-8-15-12/h6-7,10,12,15H,3-5,8-9H2,1-2H3/t12-/m1/s1. The molecule has 0 bridgehead atoms. The Morgan fingerprint density at radius 3 is 2.65 bits per heavy atom. The fourth-order valence-corrected chi connectivity index (χ4v) is 2.39. The summed E-state index contributed by atoms with van der Waals surface area (Å²) in [4.78, 5) is 0. The molecule has 1 aliphatic rings. The third kappa shape index (κ3) is 3.13. The highest BCUT2D eigenvalue weighted by atomic mass is 16.5. The SMILES string of the molecule is COc1ccc(C[C@H]2CCCCN2)cc1OC. The van der Waals surface area contributed by atoms with Crippen molar-refractivity contribution in [2.45, 2.75) is 31.7 Å². The van der Waals surface area contributed by atoms with E-state index in [2.05, 4.69) is 17.4 Å². The second-order valence-corrected chi connectivity index (χ2v) is 4.54. The van der Waals surface area contributed by atoms with Crippen LogP contribution in [0.4, 0.5) is 0 Å².